The minimum absolute atomic E-state index is 0.135. The van der Waals surface area contributed by atoms with Crippen molar-refractivity contribution in [2.24, 2.45) is 0 Å². The number of benzene rings is 1. The molecule has 0 saturated carbocycles. The molecule has 1 atom stereocenters. The first-order valence-electron chi connectivity index (χ1n) is 10.4. The molecule has 0 aliphatic carbocycles. The lowest BCUT2D eigenvalue weighted by molar-refractivity contribution is -0.136. The number of amides is 3. The van der Waals surface area contributed by atoms with E-state index in [1.54, 1.807) is 4.90 Å². The quantitative estimate of drug-likeness (QED) is 0.450. The normalized spacial score (nSPS) is 22.7. The van der Waals surface area contributed by atoms with Gasteiger partial charge in [-0.05, 0) is 49.5 Å². The smallest absolute Gasteiger partial charge is 0.255 e. The van der Waals surface area contributed by atoms with Crippen LogP contribution in [0.1, 0.15) is 47.2 Å². The molecule has 3 heterocycles. The topological polar surface area (TPSA) is 99.8 Å². The number of nitrogens with zero attached hydrogens (tertiary/aromatic N) is 1. The molecule has 3 aliphatic rings. The number of carbonyl (C=O) groups excluding carboxylic acids is 3. The van der Waals surface area contributed by atoms with E-state index in [1.807, 2.05) is 18.2 Å². The van der Waals surface area contributed by atoms with Crippen LogP contribution < -0.4 is 16.0 Å². The highest BCUT2D eigenvalue weighted by atomic mass is 16.5. The number of hydrogen-bond acceptors (Lipinski definition) is 6. The number of piperidine rings is 2. The SMILES string of the molecule is O=C1CCC(N2Cc3cc(CNCCOC4CCNCC4)ccc3C2=O)C(=O)N1. The van der Waals surface area contributed by atoms with Crippen LogP contribution in [0.15, 0.2) is 18.2 Å². The second kappa shape index (κ2) is 9.02. The second-order valence-corrected chi connectivity index (χ2v) is 7.89. The van der Waals surface area contributed by atoms with Gasteiger partial charge in [-0.2, -0.15) is 0 Å². The maximum absolute atomic E-state index is 12.7. The fourth-order valence-electron chi connectivity index (χ4n) is 4.23. The molecule has 4 rings (SSSR count). The molecule has 3 amide bonds. The molecule has 3 aliphatic heterocycles. The van der Waals surface area contributed by atoms with Crippen molar-refractivity contribution in [2.75, 3.05) is 26.2 Å². The van der Waals surface area contributed by atoms with Gasteiger partial charge in [-0.25, -0.2) is 0 Å². The molecule has 156 valence electrons. The number of imide groups is 1. The average molecular weight is 400 g/mol. The van der Waals surface area contributed by atoms with Crippen LogP contribution in [0.2, 0.25) is 0 Å². The molecule has 8 heteroatoms. The van der Waals surface area contributed by atoms with E-state index < -0.39 is 6.04 Å². The van der Waals surface area contributed by atoms with Gasteiger partial charge in [0.1, 0.15) is 6.04 Å². The van der Waals surface area contributed by atoms with E-state index in [9.17, 15) is 14.4 Å². The molecule has 2 fully saturated rings. The van der Waals surface area contributed by atoms with Gasteiger partial charge in [0.25, 0.3) is 5.91 Å². The molecule has 0 spiro atoms. The predicted octanol–water partition coefficient (Wildman–Crippen LogP) is 0.306. The summed E-state index contributed by atoms with van der Waals surface area (Å²) >= 11 is 0. The van der Waals surface area contributed by atoms with E-state index in [2.05, 4.69) is 16.0 Å². The Balaban J connectivity index is 1.27. The Hall–Kier alpha value is -2.29. The number of fused-ring (bicyclic) bond motifs is 1. The van der Waals surface area contributed by atoms with Gasteiger partial charge in [-0.1, -0.05) is 12.1 Å². The summed E-state index contributed by atoms with van der Waals surface area (Å²) in [4.78, 5) is 37.8. The lowest BCUT2D eigenvalue weighted by atomic mass is 10.0. The zero-order valence-electron chi connectivity index (χ0n) is 16.5. The van der Waals surface area contributed by atoms with Crippen molar-refractivity contribution in [3.05, 3.63) is 34.9 Å². The van der Waals surface area contributed by atoms with Gasteiger partial charge in [0.15, 0.2) is 0 Å². The molecule has 29 heavy (non-hydrogen) atoms. The third kappa shape index (κ3) is 4.66. The summed E-state index contributed by atoms with van der Waals surface area (Å²) in [6.45, 7) is 4.64. The highest BCUT2D eigenvalue weighted by Gasteiger charge is 2.38. The van der Waals surface area contributed by atoms with E-state index in [1.165, 1.54) is 0 Å². The Labute approximate surface area is 170 Å². The summed E-state index contributed by atoms with van der Waals surface area (Å²) in [6, 6.07) is 5.25. The molecule has 3 N–H and O–H groups in total. The van der Waals surface area contributed by atoms with Crippen LogP contribution in [0.3, 0.4) is 0 Å². The maximum atomic E-state index is 12.7. The molecular weight excluding hydrogens is 372 g/mol. The van der Waals surface area contributed by atoms with Crippen molar-refractivity contribution >= 4 is 17.7 Å². The molecule has 0 radical (unpaired) electrons. The lowest BCUT2D eigenvalue weighted by Crippen LogP contribution is -2.52. The van der Waals surface area contributed by atoms with Crippen molar-refractivity contribution in [3.63, 3.8) is 0 Å². The molecular formula is C21H28N4O4. The summed E-state index contributed by atoms with van der Waals surface area (Å²) in [5.74, 6) is -0.782. The lowest BCUT2D eigenvalue weighted by Gasteiger charge is -2.29. The zero-order valence-corrected chi connectivity index (χ0v) is 16.5. The van der Waals surface area contributed by atoms with Crippen molar-refractivity contribution < 1.29 is 19.1 Å². The van der Waals surface area contributed by atoms with E-state index >= 15 is 0 Å². The fourth-order valence-corrected chi connectivity index (χ4v) is 4.23. The van der Waals surface area contributed by atoms with Gasteiger partial charge in [-0.3, -0.25) is 19.7 Å². The van der Waals surface area contributed by atoms with Crippen LogP contribution >= 0.6 is 0 Å². The molecule has 1 unspecified atom stereocenters. The summed E-state index contributed by atoms with van der Waals surface area (Å²) < 4.78 is 5.89. The first-order valence-corrected chi connectivity index (χ1v) is 10.4. The number of ether oxygens (including phenoxy) is 1. The third-order valence-electron chi connectivity index (χ3n) is 5.84. The zero-order chi connectivity index (χ0) is 20.2. The Morgan fingerprint density at radius 2 is 1.97 bits per heavy atom. The predicted molar refractivity (Wildman–Crippen MR) is 106 cm³/mol. The van der Waals surface area contributed by atoms with Crippen LogP contribution in [0.25, 0.3) is 0 Å². The van der Waals surface area contributed by atoms with Crippen LogP contribution in [0.5, 0.6) is 0 Å². The van der Waals surface area contributed by atoms with Crippen molar-refractivity contribution in [2.45, 2.75) is 50.9 Å². The summed E-state index contributed by atoms with van der Waals surface area (Å²) in [5, 5.41) is 9.05. The summed E-state index contributed by atoms with van der Waals surface area (Å²) in [5.41, 5.74) is 2.68. The van der Waals surface area contributed by atoms with E-state index in [4.69, 9.17) is 4.74 Å². The third-order valence-corrected chi connectivity index (χ3v) is 5.84. The number of rotatable bonds is 7. The number of hydrogen-bond donors (Lipinski definition) is 3. The number of nitrogens with one attached hydrogen (secondary N) is 3. The largest absolute Gasteiger partial charge is 0.377 e. The Kier molecular flexibility index (Phi) is 6.22. The molecule has 2 saturated heterocycles. The Bertz CT molecular complexity index is 791. The molecule has 1 aromatic rings. The van der Waals surface area contributed by atoms with Crippen LogP contribution in [0, 0.1) is 0 Å². The summed E-state index contributed by atoms with van der Waals surface area (Å²) in [6.07, 6.45) is 3.16. The van der Waals surface area contributed by atoms with Gasteiger partial charge in [0.05, 0.1) is 12.7 Å². The van der Waals surface area contributed by atoms with Crippen LogP contribution in [-0.4, -0.2) is 61.0 Å². The molecule has 0 aromatic heterocycles. The van der Waals surface area contributed by atoms with E-state index in [-0.39, 0.29) is 24.1 Å². The molecule has 0 bridgehead atoms. The van der Waals surface area contributed by atoms with Gasteiger partial charge >= 0.3 is 0 Å². The maximum Gasteiger partial charge on any atom is 0.255 e. The van der Waals surface area contributed by atoms with Gasteiger partial charge < -0.3 is 20.3 Å². The van der Waals surface area contributed by atoms with Crippen molar-refractivity contribution in [3.8, 4) is 0 Å². The van der Waals surface area contributed by atoms with E-state index in [0.29, 0.717) is 37.8 Å². The molecule has 1 aromatic carbocycles. The van der Waals surface area contributed by atoms with Gasteiger partial charge in [-0.15, -0.1) is 0 Å². The fraction of sp³-hybridized carbons (Fsp3) is 0.571. The van der Waals surface area contributed by atoms with Crippen LogP contribution in [0.4, 0.5) is 0 Å². The average Bonchev–Trinajstić information content (AvgIpc) is 3.04. The van der Waals surface area contributed by atoms with Crippen molar-refractivity contribution in [1.29, 1.82) is 0 Å². The van der Waals surface area contributed by atoms with Crippen molar-refractivity contribution in [1.82, 2.24) is 20.9 Å². The number of carbonyl (C=O) groups is 3. The minimum atomic E-state index is -0.568. The molecule has 8 nitrogen and oxygen atoms in total. The minimum Gasteiger partial charge on any atom is -0.377 e. The second-order valence-electron chi connectivity index (χ2n) is 7.89. The monoisotopic (exact) mass is 400 g/mol. The summed E-state index contributed by atoms with van der Waals surface area (Å²) in [7, 11) is 0. The Morgan fingerprint density at radius 1 is 1.14 bits per heavy atom. The highest BCUT2D eigenvalue weighted by Crippen LogP contribution is 2.28. The van der Waals surface area contributed by atoms with E-state index in [0.717, 1.165) is 43.6 Å². The van der Waals surface area contributed by atoms with Gasteiger partial charge in [0.2, 0.25) is 11.8 Å². The first-order chi connectivity index (χ1) is 14.1. The first kappa shape index (κ1) is 20.0. The van der Waals surface area contributed by atoms with Gasteiger partial charge in [0, 0.05) is 31.6 Å². The van der Waals surface area contributed by atoms with Crippen LogP contribution in [-0.2, 0) is 27.4 Å². The highest BCUT2D eigenvalue weighted by molar-refractivity contribution is 6.05. The standard InChI is InChI=1S/C21H28N4O4/c26-19-4-3-18(20(27)24-19)25-13-15-11-14(1-2-17(15)21(25)28)12-23-9-10-29-16-5-7-22-8-6-16/h1-2,11,16,18,22-23H,3-10,12-13H2,(H,24,26,27). The Morgan fingerprint density at radius 3 is 2.76 bits per heavy atom.